The van der Waals surface area contributed by atoms with Crippen LogP contribution in [0.2, 0.25) is 0 Å². The Labute approximate surface area is 193 Å². The molecule has 12 nitrogen and oxygen atoms in total. The maximum absolute atomic E-state index is 13.6. The second kappa shape index (κ2) is 6.84. The number of amides is 3. The normalized spacial score (nSPS) is 24.4. The number of aromatic nitrogens is 2. The summed E-state index contributed by atoms with van der Waals surface area (Å²) >= 11 is 0. The van der Waals surface area contributed by atoms with Gasteiger partial charge in [-0.2, -0.15) is 4.31 Å². The van der Waals surface area contributed by atoms with E-state index in [-0.39, 0.29) is 22.9 Å². The van der Waals surface area contributed by atoms with Crippen LogP contribution < -0.4 is 4.90 Å². The average molecular weight is 482 g/mol. The Kier molecular flexibility index (Phi) is 4.17. The number of fused-ring (bicyclic) bond motifs is 6. The molecule has 3 aliphatic heterocycles. The summed E-state index contributed by atoms with van der Waals surface area (Å²) in [6.07, 6.45) is 3.15. The van der Waals surface area contributed by atoms with Gasteiger partial charge >= 0.3 is 6.03 Å². The summed E-state index contributed by atoms with van der Waals surface area (Å²) in [6, 6.07) is 6.51. The summed E-state index contributed by atoms with van der Waals surface area (Å²) in [5.41, 5.74) is 0.107. The number of imide groups is 1. The molecule has 3 aromatic rings. The number of hydrogen-bond acceptors (Lipinski definition) is 7. The minimum absolute atomic E-state index is 0.0773. The zero-order valence-electron chi connectivity index (χ0n) is 17.8. The van der Waals surface area contributed by atoms with Gasteiger partial charge in [0.05, 0.1) is 28.4 Å². The fourth-order valence-electron chi connectivity index (χ4n) is 5.38. The van der Waals surface area contributed by atoms with Crippen LogP contribution >= 0.6 is 0 Å². The van der Waals surface area contributed by atoms with E-state index in [1.54, 1.807) is 31.3 Å². The molecule has 3 saturated heterocycles. The number of nitrogens with zero attached hydrogens (tertiary/aromatic N) is 6. The van der Waals surface area contributed by atoms with Gasteiger partial charge in [0.25, 0.3) is 21.6 Å². The second-order valence-electron chi connectivity index (χ2n) is 8.62. The zero-order chi connectivity index (χ0) is 23.9. The van der Waals surface area contributed by atoms with Crippen molar-refractivity contribution in [2.75, 3.05) is 11.4 Å². The van der Waals surface area contributed by atoms with E-state index in [9.17, 15) is 28.1 Å². The first-order chi connectivity index (χ1) is 16.2. The first-order valence-corrected chi connectivity index (χ1v) is 12.0. The topological polar surface area (TPSA) is 139 Å². The number of sulfonamides is 1. The molecule has 13 heteroatoms. The molecule has 2 aromatic carbocycles. The number of urea groups is 1. The number of nitro benzene ring substituents is 1. The van der Waals surface area contributed by atoms with Crippen LogP contribution in [0.15, 0.2) is 53.9 Å². The van der Waals surface area contributed by atoms with Gasteiger partial charge in [-0.05, 0) is 18.6 Å². The van der Waals surface area contributed by atoms with Gasteiger partial charge in [0.1, 0.15) is 6.04 Å². The number of anilines is 1. The number of nitro groups is 1. The monoisotopic (exact) mass is 482 g/mol. The molecule has 4 heterocycles. The van der Waals surface area contributed by atoms with E-state index in [2.05, 4.69) is 4.98 Å². The van der Waals surface area contributed by atoms with Gasteiger partial charge in [-0.25, -0.2) is 23.1 Å². The van der Waals surface area contributed by atoms with E-state index in [1.165, 1.54) is 38.4 Å². The minimum Gasteiger partial charge on any atom is -0.339 e. The van der Waals surface area contributed by atoms with Gasteiger partial charge in [-0.15, -0.1) is 0 Å². The molecule has 6 rings (SSSR count). The van der Waals surface area contributed by atoms with Crippen molar-refractivity contribution >= 4 is 44.1 Å². The predicted molar refractivity (Wildman–Crippen MR) is 118 cm³/mol. The molecule has 0 radical (unpaired) electrons. The molecule has 34 heavy (non-hydrogen) atoms. The zero-order valence-corrected chi connectivity index (χ0v) is 18.6. The van der Waals surface area contributed by atoms with Crippen LogP contribution in [0.4, 0.5) is 16.2 Å². The maximum Gasteiger partial charge on any atom is 0.332 e. The first-order valence-electron chi connectivity index (χ1n) is 10.5. The van der Waals surface area contributed by atoms with Gasteiger partial charge in [0, 0.05) is 37.3 Å². The molecule has 0 aliphatic carbocycles. The first kappa shape index (κ1) is 20.7. The highest BCUT2D eigenvalue weighted by Crippen LogP contribution is 2.45. The standard InChI is InChI=1S/C21H18N6O6S/c1-23-10-18(22-11-23)34(32,33)24-9-12-8-17(24)19-20(28)26(21(29)25(12)19)15-6-7-16(27(30)31)14-5-3-2-4-13(14)15/h2-7,10-12,17,19H,8-9H2,1H3. The summed E-state index contributed by atoms with van der Waals surface area (Å²) in [5, 5.41) is 12.1. The van der Waals surface area contributed by atoms with E-state index in [1.807, 2.05) is 0 Å². The fraction of sp³-hybridized carbons (Fsp3) is 0.286. The summed E-state index contributed by atoms with van der Waals surface area (Å²) < 4.78 is 29.2. The van der Waals surface area contributed by atoms with Crippen molar-refractivity contribution in [2.24, 2.45) is 7.05 Å². The number of aryl methyl sites for hydroxylation is 1. The number of carbonyl (C=O) groups is 2. The Hall–Kier alpha value is -3.84. The molecule has 2 bridgehead atoms. The molecule has 3 atom stereocenters. The lowest BCUT2D eigenvalue weighted by Crippen LogP contribution is -2.54. The number of rotatable bonds is 4. The Balaban J connectivity index is 1.40. The van der Waals surface area contributed by atoms with Crippen molar-refractivity contribution in [3.8, 4) is 0 Å². The summed E-state index contributed by atoms with van der Waals surface area (Å²) in [5.74, 6) is -0.544. The lowest BCUT2D eigenvalue weighted by molar-refractivity contribution is -0.383. The van der Waals surface area contributed by atoms with Crippen LogP contribution in [0.3, 0.4) is 0 Å². The van der Waals surface area contributed by atoms with Crippen molar-refractivity contribution in [1.29, 1.82) is 0 Å². The Morgan fingerprint density at radius 2 is 1.85 bits per heavy atom. The average Bonchev–Trinajstić information content (AvgIpc) is 3.57. The predicted octanol–water partition coefficient (Wildman–Crippen LogP) is 1.46. The molecule has 3 fully saturated rings. The van der Waals surface area contributed by atoms with Gasteiger partial charge in [-0.1, -0.05) is 18.2 Å². The highest BCUT2D eigenvalue weighted by atomic mass is 32.2. The molecular weight excluding hydrogens is 464 g/mol. The van der Waals surface area contributed by atoms with Crippen molar-refractivity contribution < 1.29 is 22.9 Å². The highest BCUT2D eigenvalue weighted by Gasteiger charge is 2.64. The minimum atomic E-state index is -3.94. The van der Waals surface area contributed by atoms with Crippen LogP contribution in [0.5, 0.6) is 0 Å². The van der Waals surface area contributed by atoms with Crippen LogP contribution in [0.25, 0.3) is 10.8 Å². The van der Waals surface area contributed by atoms with Crippen LogP contribution in [-0.4, -0.2) is 68.7 Å². The number of imidazole rings is 1. The molecular formula is C21H18N6O6S. The van der Waals surface area contributed by atoms with Gasteiger partial charge in [-0.3, -0.25) is 14.9 Å². The molecule has 174 valence electrons. The largest absolute Gasteiger partial charge is 0.339 e. The fourth-order valence-corrected chi connectivity index (χ4v) is 7.02. The molecule has 1 aromatic heterocycles. The summed E-state index contributed by atoms with van der Waals surface area (Å²) in [7, 11) is -2.28. The molecule has 0 N–H and O–H groups in total. The third kappa shape index (κ3) is 2.61. The lowest BCUT2D eigenvalue weighted by atomic mass is 10.1. The van der Waals surface area contributed by atoms with Gasteiger partial charge in [0.15, 0.2) is 5.03 Å². The molecule has 3 unspecified atom stereocenters. The number of piperazine rings is 1. The number of carbonyl (C=O) groups excluding carboxylic acids is 2. The molecule has 3 amide bonds. The van der Waals surface area contributed by atoms with E-state index in [0.717, 1.165) is 4.90 Å². The van der Waals surface area contributed by atoms with Crippen LogP contribution in [0, 0.1) is 10.1 Å². The number of benzene rings is 2. The van der Waals surface area contributed by atoms with E-state index >= 15 is 0 Å². The lowest BCUT2D eigenvalue weighted by Gasteiger charge is -2.33. The van der Waals surface area contributed by atoms with Crippen LogP contribution in [-0.2, 0) is 21.9 Å². The third-order valence-corrected chi connectivity index (χ3v) is 8.56. The quantitative estimate of drug-likeness (QED) is 0.312. The summed E-state index contributed by atoms with van der Waals surface area (Å²) in [6.45, 7) is 0.0773. The Morgan fingerprint density at radius 1 is 1.12 bits per heavy atom. The number of hydrogen-bond donors (Lipinski definition) is 0. The van der Waals surface area contributed by atoms with Crippen molar-refractivity contribution in [2.45, 2.75) is 29.6 Å². The van der Waals surface area contributed by atoms with Crippen molar-refractivity contribution in [3.63, 3.8) is 0 Å². The summed E-state index contributed by atoms with van der Waals surface area (Å²) in [4.78, 5) is 44.3. The third-order valence-electron chi connectivity index (χ3n) is 6.79. The van der Waals surface area contributed by atoms with Crippen molar-refractivity contribution in [1.82, 2.24) is 18.8 Å². The highest BCUT2D eigenvalue weighted by molar-refractivity contribution is 7.89. The van der Waals surface area contributed by atoms with Gasteiger partial charge in [0.2, 0.25) is 0 Å². The van der Waals surface area contributed by atoms with E-state index in [0.29, 0.717) is 17.2 Å². The Bertz CT molecular complexity index is 1520. The molecule has 3 aliphatic rings. The smallest absolute Gasteiger partial charge is 0.332 e. The number of non-ortho nitro benzene ring substituents is 1. The molecule has 0 spiro atoms. The Morgan fingerprint density at radius 3 is 2.53 bits per heavy atom. The maximum atomic E-state index is 13.6. The molecule has 0 saturated carbocycles. The van der Waals surface area contributed by atoms with Gasteiger partial charge < -0.3 is 9.47 Å². The van der Waals surface area contributed by atoms with Crippen molar-refractivity contribution in [3.05, 3.63) is 59.0 Å². The van der Waals surface area contributed by atoms with Crippen LogP contribution in [0.1, 0.15) is 6.42 Å². The van der Waals surface area contributed by atoms with E-state index in [4.69, 9.17) is 0 Å². The second-order valence-corrected chi connectivity index (χ2v) is 10.5. The SMILES string of the molecule is Cn1cnc(S(=O)(=O)N2CC3CC2C2C(=O)N(c4ccc([N+](=O)[O-])c5ccccc45)C(=O)N32)c1. The van der Waals surface area contributed by atoms with E-state index < -0.39 is 45.0 Å².